The molecule has 21 heavy (non-hydrogen) atoms. The average Bonchev–Trinajstić information content (AvgIpc) is 2.45. The molecular weight excluding hydrogens is 290 g/mol. The zero-order chi connectivity index (χ0) is 15.5. The second kappa shape index (κ2) is 6.34. The van der Waals surface area contributed by atoms with Crippen molar-refractivity contribution in [2.24, 2.45) is 0 Å². The SMILES string of the molecule is CNc1ccc(C(=O)NCC2(SC)CCC2)cc1[N+](=O)[O-]. The molecule has 0 aromatic heterocycles. The summed E-state index contributed by atoms with van der Waals surface area (Å²) < 4.78 is 0.145. The number of hydrogen-bond acceptors (Lipinski definition) is 5. The van der Waals surface area contributed by atoms with Gasteiger partial charge in [0.2, 0.25) is 0 Å². The molecule has 0 spiro atoms. The average molecular weight is 309 g/mol. The molecule has 2 N–H and O–H groups in total. The quantitative estimate of drug-likeness (QED) is 0.623. The van der Waals surface area contributed by atoms with Crippen LogP contribution in [-0.2, 0) is 0 Å². The molecule has 1 saturated carbocycles. The molecule has 114 valence electrons. The molecule has 1 amide bonds. The molecule has 0 saturated heterocycles. The van der Waals surface area contributed by atoms with E-state index in [-0.39, 0.29) is 16.3 Å². The van der Waals surface area contributed by atoms with E-state index in [1.807, 2.05) is 0 Å². The van der Waals surface area contributed by atoms with Crippen molar-refractivity contribution in [1.29, 1.82) is 0 Å². The van der Waals surface area contributed by atoms with Gasteiger partial charge >= 0.3 is 0 Å². The smallest absolute Gasteiger partial charge is 0.293 e. The van der Waals surface area contributed by atoms with Crippen LogP contribution in [0.1, 0.15) is 29.6 Å². The first kappa shape index (κ1) is 15.6. The van der Waals surface area contributed by atoms with E-state index in [1.54, 1.807) is 30.9 Å². The Morgan fingerprint density at radius 3 is 2.67 bits per heavy atom. The second-order valence-corrected chi connectivity index (χ2v) is 6.44. The third-order valence-corrected chi connectivity index (χ3v) is 5.41. The van der Waals surface area contributed by atoms with E-state index in [4.69, 9.17) is 0 Å². The summed E-state index contributed by atoms with van der Waals surface area (Å²) in [6.07, 6.45) is 5.46. The predicted octanol–water partition coefficient (Wildman–Crippen LogP) is 2.65. The molecule has 1 aliphatic carbocycles. The highest BCUT2D eigenvalue weighted by Gasteiger charge is 2.36. The zero-order valence-corrected chi connectivity index (χ0v) is 13.0. The number of carbonyl (C=O) groups excluding carboxylic acids is 1. The Morgan fingerprint density at radius 2 is 2.19 bits per heavy atom. The molecular formula is C14H19N3O3S. The lowest BCUT2D eigenvalue weighted by atomic mass is 9.84. The van der Waals surface area contributed by atoms with Crippen LogP contribution in [0.3, 0.4) is 0 Å². The van der Waals surface area contributed by atoms with Crippen LogP contribution in [0.15, 0.2) is 18.2 Å². The molecule has 2 rings (SSSR count). The highest BCUT2D eigenvalue weighted by Crippen LogP contribution is 2.42. The Hall–Kier alpha value is -1.76. The van der Waals surface area contributed by atoms with Crippen molar-refractivity contribution in [2.45, 2.75) is 24.0 Å². The number of rotatable bonds is 6. The van der Waals surface area contributed by atoms with Gasteiger partial charge < -0.3 is 10.6 Å². The molecule has 6 nitrogen and oxygen atoms in total. The maximum Gasteiger partial charge on any atom is 0.293 e. The summed E-state index contributed by atoms with van der Waals surface area (Å²) in [6, 6.07) is 4.47. The van der Waals surface area contributed by atoms with Gasteiger partial charge in [0.25, 0.3) is 11.6 Å². The minimum Gasteiger partial charge on any atom is -0.383 e. The lowest BCUT2D eigenvalue weighted by molar-refractivity contribution is -0.384. The maximum absolute atomic E-state index is 12.2. The number of hydrogen-bond donors (Lipinski definition) is 2. The summed E-state index contributed by atoms with van der Waals surface area (Å²) in [5, 5.41) is 16.6. The highest BCUT2D eigenvalue weighted by molar-refractivity contribution is 8.00. The van der Waals surface area contributed by atoms with Crippen LogP contribution in [0.5, 0.6) is 0 Å². The van der Waals surface area contributed by atoms with Crippen molar-refractivity contribution in [3.05, 3.63) is 33.9 Å². The van der Waals surface area contributed by atoms with Gasteiger partial charge in [-0.25, -0.2) is 0 Å². The molecule has 0 aliphatic heterocycles. The van der Waals surface area contributed by atoms with Crippen molar-refractivity contribution >= 4 is 29.0 Å². The molecule has 0 unspecified atom stereocenters. The number of nitrogens with one attached hydrogen (secondary N) is 2. The lowest BCUT2D eigenvalue weighted by Crippen LogP contribution is -2.45. The van der Waals surface area contributed by atoms with Crippen LogP contribution < -0.4 is 10.6 Å². The van der Waals surface area contributed by atoms with E-state index in [1.165, 1.54) is 12.5 Å². The van der Waals surface area contributed by atoms with Gasteiger partial charge in [0.1, 0.15) is 5.69 Å². The first-order chi connectivity index (χ1) is 10.0. The van der Waals surface area contributed by atoms with Crippen molar-refractivity contribution in [2.75, 3.05) is 25.2 Å². The highest BCUT2D eigenvalue weighted by atomic mass is 32.2. The molecule has 0 radical (unpaired) electrons. The fraction of sp³-hybridized carbons (Fsp3) is 0.500. The van der Waals surface area contributed by atoms with Crippen molar-refractivity contribution < 1.29 is 9.72 Å². The van der Waals surface area contributed by atoms with Crippen molar-refractivity contribution in [3.8, 4) is 0 Å². The topological polar surface area (TPSA) is 84.3 Å². The summed E-state index contributed by atoms with van der Waals surface area (Å²) in [5.41, 5.74) is 0.626. The molecule has 0 bridgehead atoms. The van der Waals surface area contributed by atoms with Crippen LogP contribution in [0.2, 0.25) is 0 Å². The van der Waals surface area contributed by atoms with Gasteiger partial charge in [0.05, 0.1) is 4.92 Å². The maximum atomic E-state index is 12.2. The van der Waals surface area contributed by atoms with Gasteiger partial charge in [0, 0.05) is 30.0 Å². The van der Waals surface area contributed by atoms with Gasteiger partial charge in [-0.05, 0) is 31.2 Å². The molecule has 0 atom stereocenters. The van der Waals surface area contributed by atoms with Gasteiger partial charge in [0.15, 0.2) is 0 Å². The van der Waals surface area contributed by atoms with E-state index in [9.17, 15) is 14.9 Å². The monoisotopic (exact) mass is 309 g/mol. The molecule has 1 aliphatic rings. The number of nitro benzene ring substituents is 1. The van der Waals surface area contributed by atoms with Crippen molar-refractivity contribution in [3.63, 3.8) is 0 Å². The van der Waals surface area contributed by atoms with Gasteiger partial charge in [-0.1, -0.05) is 6.42 Å². The lowest BCUT2D eigenvalue weighted by Gasteiger charge is -2.40. The normalized spacial score (nSPS) is 15.9. The number of carbonyl (C=O) groups is 1. The van der Waals surface area contributed by atoms with Crippen LogP contribution in [-0.4, -0.2) is 35.4 Å². The van der Waals surface area contributed by atoms with E-state index in [0.29, 0.717) is 17.8 Å². The second-order valence-electron chi connectivity index (χ2n) is 5.16. The molecule has 7 heteroatoms. The fourth-order valence-electron chi connectivity index (χ4n) is 2.40. The Bertz CT molecular complexity index is 553. The van der Waals surface area contributed by atoms with E-state index >= 15 is 0 Å². The van der Waals surface area contributed by atoms with Gasteiger partial charge in [-0.3, -0.25) is 14.9 Å². The third-order valence-electron chi connectivity index (χ3n) is 3.99. The minimum absolute atomic E-state index is 0.0895. The van der Waals surface area contributed by atoms with Crippen LogP contribution in [0.4, 0.5) is 11.4 Å². The Labute approximate surface area is 127 Å². The molecule has 1 fully saturated rings. The molecule has 1 aromatic carbocycles. The minimum atomic E-state index is -0.488. The Kier molecular flexibility index (Phi) is 4.72. The zero-order valence-electron chi connectivity index (χ0n) is 12.1. The number of amides is 1. The number of anilines is 1. The summed E-state index contributed by atoms with van der Waals surface area (Å²) in [7, 11) is 1.61. The number of nitro groups is 1. The summed E-state index contributed by atoms with van der Waals surface area (Å²) in [4.78, 5) is 22.7. The van der Waals surface area contributed by atoms with Crippen LogP contribution in [0, 0.1) is 10.1 Å². The van der Waals surface area contributed by atoms with E-state index < -0.39 is 4.92 Å². The summed E-state index contributed by atoms with van der Waals surface area (Å²) in [6.45, 7) is 0.606. The largest absolute Gasteiger partial charge is 0.383 e. The Balaban J connectivity index is 2.09. The predicted molar refractivity (Wildman–Crippen MR) is 85.1 cm³/mol. The first-order valence-corrected chi connectivity index (χ1v) is 8.03. The standard InChI is InChI=1S/C14H19N3O3S/c1-15-11-5-4-10(8-12(11)17(19)20)13(18)16-9-14(21-2)6-3-7-14/h4-5,8,15H,3,6-7,9H2,1-2H3,(H,16,18). The van der Waals surface area contributed by atoms with Gasteiger partial charge in [-0.2, -0.15) is 11.8 Å². The summed E-state index contributed by atoms with van der Waals surface area (Å²) >= 11 is 1.78. The molecule has 0 heterocycles. The van der Waals surface area contributed by atoms with Crippen molar-refractivity contribution in [1.82, 2.24) is 5.32 Å². The van der Waals surface area contributed by atoms with Gasteiger partial charge in [-0.15, -0.1) is 0 Å². The number of nitrogens with zero attached hydrogens (tertiary/aromatic N) is 1. The Morgan fingerprint density at radius 1 is 1.48 bits per heavy atom. The van der Waals surface area contributed by atoms with E-state index in [0.717, 1.165) is 12.8 Å². The fourth-order valence-corrected chi connectivity index (χ4v) is 3.32. The van der Waals surface area contributed by atoms with Crippen LogP contribution in [0.25, 0.3) is 0 Å². The first-order valence-electron chi connectivity index (χ1n) is 6.81. The number of benzene rings is 1. The van der Waals surface area contributed by atoms with E-state index in [2.05, 4.69) is 16.9 Å². The summed E-state index contributed by atoms with van der Waals surface area (Å²) in [5.74, 6) is -0.263. The number of thioether (sulfide) groups is 1. The third kappa shape index (κ3) is 3.29. The molecule has 1 aromatic rings. The van der Waals surface area contributed by atoms with Crippen LogP contribution >= 0.6 is 11.8 Å².